The molecule has 0 saturated carbocycles. The summed E-state index contributed by atoms with van der Waals surface area (Å²) in [6, 6.07) is 5.69. The third kappa shape index (κ3) is 4.11. The summed E-state index contributed by atoms with van der Waals surface area (Å²) >= 11 is 0. The number of anilines is 2. The molecule has 5 heteroatoms. The van der Waals surface area contributed by atoms with Crippen LogP contribution in [0, 0.1) is 5.92 Å². The van der Waals surface area contributed by atoms with E-state index in [-0.39, 0.29) is 5.91 Å². The first kappa shape index (κ1) is 15.6. The molecule has 116 valence electrons. The van der Waals surface area contributed by atoms with Crippen molar-refractivity contribution in [3.8, 4) is 5.75 Å². The Kier molecular flexibility index (Phi) is 5.07. The average Bonchev–Trinajstić information content (AvgIpc) is 2.44. The number of nitrogens with one attached hydrogen (secondary N) is 1. The SMILES string of the molecule is COc1cc(N)ccc1NC(=O)CN1CC(C)CCC1C. The fourth-order valence-corrected chi connectivity index (χ4v) is 2.79. The monoisotopic (exact) mass is 291 g/mol. The van der Waals surface area contributed by atoms with Crippen molar-refractivity contribution in [2.45, 2.75) is 32.7 Å². The number of rotatable bonds is 4. The molecule has 2 atom stereocenters. The highest BCUT2D eigenvalue weighted by molar-refractivity contribution is 5.94. The molecule has 0 bridgehead atoms. The molecule has 0 spiro atoms. The number of benzene rings is 1. The van der Waals surface area contributed by atoms with Crippen molar-refractivity contribution in [3.63, 3.8) is 0 Å². The molecule has 1 saturated heterocycles. The molecule has 21 heavy (non-hydrogen) atoms. The summed E-state index contributed by atoms with van der Waals surface area (Å²) in [6.07, 6.45) is 2.39. The molecule has 3 N–H and O–H groups in total. The number of methoxy groups -OCH3 is 1. The largest absolute Gasteiger partial charge is 0.494 e. The van der Waals surface area contributed by atoms with E-state index in [2.05, 4.69) is 24.1 Å². The second-order valence-electron chi connectivity index (χ2n) is 5.97. The summed E-state index contributed by atoms with van der Waals surface area (Å²) in [5, 5.41) is 2.91. The lowest BCUT2D eigenvalue weighted by Gasteiger charge is -2.36. The van der Waals surface area contributed by atoms with Gasteiger partial charge in [0, 0.05) is 24.3 Å². The van der Waals surface area contributed by atoms with Crippen molar-refractivity contribution in [3.05, 3.63) is 18.2 Å². The lowest BCUT2D eigenvalue weighted by molar-refractivity contribution is -0.118. The van der Waals surface area contributed by atoms with Gasteiger partial charge in [0.05, 0.1) is 19.3 Å². The smallest absolute Gasteiger partial charge is 0.238 e. The molecule has 1 heterocycles. The number of nitrogens with two attached hydrogens (primary N) is 1. The summed E-state index contributed by atoms with van der Waals surface area (Å²) < 4.78 is 5.25. The highest BCUT2D eigenvalue weighted by atomic mass is 16.5. The van der Waals surface area contributed by atoms with Crippen molar-refractivity contribution < 1.29 is 9.53 Å². The lowest BCUT2D eigenvalue weighted by Crippen LogP contribution is -2.45. The molecular weight excluding hydrogens is 266 g/mol. The van der Waals surface area contributed by atoms with Crippen molar-refractivity contribution in [2.75, 3.05) is 31.2 Å². The summed E-state index contributed by atoms with van der Waals surface area (Å²) in [6.45, 7) is 5.81. The number of carbonyl (C=O) groups excluding carboxylic acids is 1. The normalized spacial score (nSPS) is 22.8. The minimum atomic E-state index is -0.0148. The third-order valence-corrected chi connectivity index (χ3v) is 4.09. The third-order valence-electron chi connectivity index (χ3n) is 4.09. The quantitative estimate of drug-likeness (QED) is 0.836. The topological polar surface area (TPSA) is 67.6 Å². The number of likely N-dealkylation sites (tertiary alicyclic amines) is 1. The maximum absolute atomic E-state index is 12.2. The predicted octanol–water partition coefficient (Wildman–Crippen LogP) is 2.34. The first-order valence-electron chi connectivity index (χ1n) is 7.47. The second-order valence-corrected chi connectivity index (χ2v) is 5.97. The van der Waals surface area contributed by atoms with Crippen LogP contribution in [-0.4, -0.2) is 37.0 Å². The molecule has 5 nitrogen and oxygen atoms in total. The van der Waals surface area contributed by atoms with Crippen LogP contribution < -0.4 is 15.8 Å². The summed E-state index contributed by atoms with van der Waals surface area (Å²) in [5.74, 6) is 1.22. The van der Waals surface area contributed by atoms with Gasteiger partial charge in [-0.15, -0.1) is 0 Å². The first-order valence-corrected chi connectivity index (χ1v) is 7.47. The Morgan fingerprint density at radius 1 is 1.43 bits per heavy atom. The fourth-order valence-electron chi connectivity index (χ4n) is 2.79. The van der Waals surface area contributed by atoms with E-state index >= 15 is 0 Å². The van der Waals surface area contributed by atoms with Crippen molar-refractivity contribution >= 4 is 17.3 Å². The highest BCUT2D eigenvalue weighted by Crippen LogP contribution is 2.27. The van der Waals surface area contributed by atoms with E-state index in [0.29, 0.717) is 35.6 Å². The standard InChI is InChI=1S/C16H25N3O2/c1-11-4-5-12(2)19(9-11)10-16(20)18-14-7-6-13(17)8-15(14)21-3/h6-8,11-12H,4-5,9-10,17H2,1-3H3,(H,18,20). The zero-order chi connectivity index (χ0) is 15.4. The zero-order valence-corrected chi connectivity index (χ0v) is 13.1. The number of hydrogen-bond acceptors (Lipinski definition) is 4. The van der Waals surface area contributed by atoms with Gasteiger partial charge in [0.15, 0.2) is 0 Å². The number of piperidine rings is 1. The minimum absolute atomic E-state index is 0.0148. The van der Waals surface area contributed by atoms with Gasteiger partial charge in [-0.05, 0) is 37.8 Å². The molecule has 1 amide bonds. The number of nitrogen functional groups attached to an aromatic ring is 1. The van der Waals surface area contributed by atoms with Crippen molar-refractivity contribution in [2.24, 2.45) is 5.92 Å². The predicted molar refractivity (Wildman–Crippen MR) is 85.5 cm³/mol. The Labute approximate surface area is 126 Å². The number of amides is 1. The number of hydrogen-bond donors (Lipinski definition) is 2. The van der Waals surface area contributed by atoms with Crippen LogP contribution in [0.2, 0.25) is 0 Å². The van der Waals surface area contributed by atoms with Crippen LogP contribution in [0.25, 0.3) is 0 Å². The molecule has 2 rings (SSSR count). The van der Waals surface area contributed by atoms with Crippen LogP contribution in [0.3, 0.4) is 0 Å². The van der Waals surface area contributed by atoms with E-state index in [1.807, 2.05) is 0 Å². The molecular formula is C16H25N3O2. The van der Waals surface area contributed by atoms with Crippen molar-refractivity contribution in [1.82, 2.24) is 4.90 Å². The summed E-state index contributed by atoms with van der Waals surface area (Å²) in [4.78, 5) is 14.5. The Bertz CT molecular complexity index is 504. The van der Waals surface area contributed by atoms with Crippen molar-refractivity contribution in [1.29, 1.82) is 0 Å². The van der Waals surface area contributed by atoms with Crippen LogP contribution >= 0.6 is 0 Å². The Morgan fingerprint density at radius 2 is 2.19 bits per heavy atom. The van der Waals surface area contributed by atoms with Crippen LogP contribution in [0.5, 0.6) is 5.75 Å². The molecule has 1 aromatic carbocycles. The van der Waals surface area contributed by atoms with Gasteiger partial charge in [-0.25, -0.2) is 0 Å². The molecule has 0 radical (unpaired) electrons. The van der Waals surface area contributed by atoms with Gasteiger partial charge in [-0.1, -0.05) is 6.92 Å². The molecule has 1 aromatic rings. The lowest BCUT2D eigenvalue weighted by atomic mass is 9.95. The molecule has 2 unspecified atom stereocenters. The van der Waals surface area contributed by atoms with Crippen LogP contribution in [-0.2, 0) is 4.79 Å². The van der Waals surface area contributed by atoms with E-state index in [4.69, 9.17) is 10.5 Å². The number of carbonyl (C=O) groups is 1. The summed E-state index contributed by atoms with van der Waals surface area (Å²) in [7, 11) is 1.57. The second kappa shape index (κ2) is 6.80. The van der Waals surface area contributed by atoms with Gasteiger partial charge in [0.25, 0.3) is 0 Å². The van der Waals surface area contributed by atoms with Gasteiger partial charge in [-0.3, -0.25) is 9.69 Å². The molecule has 1 aliphatic heterocycles. The molecule has 0 aromatic heterocycles. The zero-order valence-electron chi connectivity index (χ0n) is 13.1. The van der Waals surface area contributed by atoms with E-state index in [1.165, 1.54) is 6.42 Å². The molecule has 1 fully saturated rings. The van der Waals surface area contributed by atoms with E-state index in [0.717, 1.165) is 13.0 Å². The van der Waals surface area contributed by atoms with Crippen LogP contribution in [0.4, 0.5) is 11.4 Å². The fraction of sp³-hybridized carbons (Fsp3) is 0.562. The van der Waals surface area contributed by atoms with Gasteiger partial charge in [-0.2, -0.15) is 0 Å². The van der Waals surface area contributed by atoms with Gasteiger partial charge in [0.1, 0.15) is 5.75 Å². The van der Waals surface area contributed by atoms with Gasteiger partial charge in [0.2, 0.25) is 5.91 Å². The van der Waals surface area contributed by atoms with Gasteiger partial charge < -0.3 is 15.8 Å². The molecule has 1 aliphatic rings. The number of ether oxygens (including phenoxy) is 1. The van der Waals surface area contributed by atoms with E-state index in [1.54, 1.807) is 25.3 Å². The average molecular weight is 291 g/mol. The maximum Gasteiger partial charge on any atom is 0.238 e. The summed E-state index contributed by atoms with van der Waals surface area (Å²) in [5.41, 5.74) is 6.99. The maximum atomic E-state index is 12.2. The van der Waals surface area contributed by atoms with E-state index in [9.17, 15) is 4.79 Å². The highest BCUT2D eigenvalue weighted by Gasteiger charge is 2.24. The number of nitrogens with zero attached hydrogens (tertiary/aromatic N) is 1. The first-order chi connectivity index (χ1) is 9.99. The minimum Gasteiger partial charge on any atom is -0.494 e. The van der Waals surface area contributed by atoms with Crippen LogP contribution in [0.1, 0.15) is 26.7 Å². The Hall–Kier alpha value is -1.75. The molecule has 0 aliphatic carbocycles. The van der Waals surface area contributed by atoms with E-state index < -0.39 is 0 Å². The Morgan fingerprint density at radius 3 is 2.90 bits per heavy atom. The van der Waals surface area contributed by atoms with Crippen LogP contribution in [0.15, 0.2) is 18.2 Å². The van der Waals surface area contributed by atoms with Gasteiger partial charge >= 0.3 is 0 Å². The Balaban J connectivity index is 1.98.